The lowest BCUT2D eigenvalue weighted by atomic mass is 9.91. The first kappa shape index (κ1) is 28.8. The van der Waals surface area contributed by atoms with Gasteiger partial charge in [0.25, 0.3) is 0 Å². The molecule has 0 spiro atoms. The van der Waals surface area contributed by atoms with E-state index in [1.165, 1.54) is 10.8 Å². The molecular weight excluding hydrogens is 611 g/mol. The summed E-state index contributed by atoms with van der Waals surface area (Å²) in [5.41, 5.74) is 11.1. The van der Waals surface area contributed by atoms with Gasteiger partial charge < -0.3 is 9.13 Å². The molecule has 0 fully saturated rings. The van der Waals surface area contributed by atoms with Gasteiger partial charge in [0.2, 0.25) is 0 Å². The first-order chi connectivity index (χ1) is 24.7. The van der Waals surface area contributed by atoms with Gasteiger partial charge in [0, 0.05) is 38.4 Å². The van der Waals surface area contributed by atoms with E-state index in [1.807, 2.05) is 59.2 Å². The van der Waals surface area contributed by atoms with Crippen molar-refractivity contribution in [3.05, 3.63) is 168 Å². The van der Waals surface area contributed by atoms with E-state index in [0.29, 0.717) is 16.7 Å². The molecule has 50 heavy (non-hydrogen) atoms. The fraction of sp³-hybridized carbons (Fsp3) is 0. The molecule has 5 nitrogen and oxygen atoms in total. The van der Waals surface area contributed by atoms with Crippen LogP contribution in [-0.4, -0.2) is 9.13 Å². The van der Waals surface area contributed by atoms with Crippen LogP contribution in [-0.2, 0) is 0 Å². The molecule has 0 bridgehead atoms. The van der Waals surface area contributed by atoms with Crippen LogP contribution in [0.5, 0.6) is 0 Å². The highest BCUT2D eigenvalue weighted by molar-refractivity contribution is 6.12. The van der Waals surface area contributed by atoms with Crippen LogP contribution in [0.1, 0.15) is 16.7 Å². The molecule has 0 N–H and O–H groups in total. The zero-order valence-electron chi connectivity index (χ0n) is 26.7. The molecule has 230 valence electrons. The van der Waals surface area contributed by atoms with Gasteiger partial charge in [0.15, 0.2) is 0 Å². The number of benzene rings is 7. The summed E-state index contributed by atoms with van der Waals surface area (Å²) in [5, 5.41) is 34.5. The molecule has 2 heterocycles. The van der Waals surface area contributed by atoms with Gasteiger partial charge in [0.05, 0.1) is 56.6 Å². The number of nitrogens with zero attached hydrogens (tertiary/aromatic N) is 5. The Labute approximate surface area is 287 Å². The van der Waals surface area contributed by atoms with E-state index >= 15 is 0 Å². The quantitative estimate of drug-likeness (QED) is 0.193. The number of hydrogen-bond acceptors (Lipinski definition) is 3. The molecule has 7 aromatic carbocycles. The maximum Gasteiger partial charge on any atom is 0.101 e. The van der Waals surface area contributed by atoms with Gasteiger partial charge in [-0.15, -0.1) is 0 Å². The predicted octanol–water partition coefficient (Wildman–Crippen LogP) is 10.8. The largest absolute Gasteiger partial charge is 0.309 e. The molecule has 0 amide bonds. The lowest BCUT2D eigenvalue weighted by Crippen LogP contribution is -1.99. The summed E-state index contributed by atoms with van der Waals surface area (Å²) in [6.45, 7) is 0. The number of nitriles is 3. The summed E-state index contributed by atoms with van der Waals surface area (Å²) < 4.78 is 4.36. The zero-order chi connectivity index (χ0) is 33.8. The van der Waals surface area contributed by atoms with Crippen molar-refractivity contribution >= 4 is 43.6 Å². The van der Waals surface area contributed by atoms with E-state index in [4.69, 9.17) is 0 Å². The monoisotopic (exact) mass is 635 g/mol. The van der Waals surface area contributed by atoms with Crippen LogP contribution < -0.4 is 0 Å². The van der Waals surface area contributed by atoms with E-state index in [0.717, 1.165) is 66.5 Å². The van der Waals surface area contributed by atoms with Gasteiger partial charge in [0.1, 0.15) is 6.07 Å². The van der Waals surface area contributed by atoms with Gasteiger partial charge in [-0.1, -0.05) is 97.1 Å². The highest BCUT2D eigenvalue weighted by atomic mass is 15.0. The lowest BCUT2D eigenvalue weighted by molar-refractivity contribution is 1.17. The van der Waals surface area contributed by atoms with Crippen LogP contribution in [0.25, 0.3) is 77.2 Å². The van der Waals surface area contributed by atoms with Gasteiger partial charge in [-0.2, -0.15) is 15.8 Å². The molecule has 0 unspecified atom stereocenters. The van der Waals surface area contributed by atoms with Crippen molar-refractivity contribution in [2.24, 2.45) is 0 Å². The number of fused-ring (bicyclic) bond motifs is 6. The molecule has 0 saturated carbocycles. The summed E-state index contributed by atoms with van der Waals surface area (Å²) in [7, 11) is 0. The molecule has 2 aromatic heterocycles. The average Bonchev–Trinajstić information content (AvgIpc) is 3.70. The number of aromatic nitrogens is 2. The third-order valence-corrected chi connectivity index (χ3v) is 9.65. The third kappa shape index (κ3) is 4.24. The van der Waals surface area contributed by atoms with Crippen molar-refractivity contribution in [1.29, 1.82) is 15.8 Å². The first-order valence-electron chi connectivity index (χ1n) is 16.3. The molecule has 0 atom stereocenters. The molecule has 9 aromatic rings. The fourth-order valence-corrected chi connectivity index (χ4v) is 7.53. The number of para-hydroxylation sites is 4. The van der Waals surface area contributed by atoms with Crippen LogP contribution in [0.3, 0.4) is 0 Å². The zero-order valence-corrected chi connectivity index (χ0v) is 26.7. The van der Waals surface area contributed by atoms with Crippen LogP contribution in [0.15, 0.2) is 152 Å². The van der Waals surface area contributed by atoms with Crippen molar-refractivity contribution in [2.75, 3.05) is 0 Å². The van der Waals surface area contributed by atoms with Crippen LogP contribution in [0.2, 0.25) is 0 Å². The van der Waals surface area contributed by atoms with E-state index in [2.05, 4.69) is 108 Å². The van der Waals surface area contributed by atoms with Crippen molar-refractivity contribution in [1.82, 2.24) is 9.13 Å². The van der Waals surface area contributed by atoms with E-state index in [9.17, 15) is 15.8 Å². The Morgan fingerprint density at radius 3 is 1.68 bits per heavy atom. The second kappa shape index (κ2) is 11.4. The summed E-state index contributed by atoms with van der Waals surface area (Å²) in [6, 6.07) is 57.8. The van der Waals surface area contributed by atoms with Crippen LogP contribution in [0, 0.1) is 34.0 Å². The standard InChI is InChI=1S/C45H25N5/c46-26-29-20-23-44-40(24-29)39-16-9-10-30(27-47)45(39)49(44)32-21-22-33(31(25-32)28-48)34-11-1-2-12-35(34)36-13-3-6-17-41(36)50-42-18-7-4-14-37(42)38-15-5-8-19-43(38)50/h1-25H. The van der Waals surface area contributed by atoms with Gasteiger partial charge >= 0.3 is 0 Å². The number of hydrogen-bond donors (Lipinski definition) is 0. The minimum atomic E-state index is 0.516. The molecule has 0 aliphatic carbocycles. The van der Waals surface area contributed by atoms with Crippen LogP contribution in [0.4, 0.5) is 0 Å². The Morgan fingerprint density at radius 2 is 0.980 bits per heavy atom. The Balaban J connectivity index is 1.26. The highest BCUT2D eigenvalue weighted by Gasteiger charge is 2.20. The first-order valence-corrected chi connectivity index (χ1v) is 16.3. The second-order valence-electron chi connectivity index (χ2n) is 12.3. The van der Waals surface area contributed by atoms with Gasteiger partial charge in [-0.05, 0) is 65.7 Å². The van der Waals surface area contributed by atoms with E-state index < -0.39 is 0 Å². The fourth-order valence-electron chi connectivity index (χ4n) is 7.53. The van der Waals surface area contributed by atoms with E-state index in [1.54, 1.807) is 12.1 Å². The van der Waals surface area contributed by atoms with Crippen molar-refractivity contribution in [3.8, 4) is 51.8 Å². The van der Waals surface area contributed by atoms with E-state index in [-0.39, 0.29) is 0 Å². The summed E-state index contributed by atoms with van der Waals surface area (Å²) in [4.78, 5) is 0. The molecule has 9 rings (SSSR count). The Kier molecular flexibility index (Phi) is 6.56. The lowest BCUT2D eigenvalue weighted by Gasteiger charge is -2.18. The summed E-state index contributed by atoms with van der Waals surface area (Å²) in [6.07, 6.45) is 0. The molecule has 0 radical (unpaired) electrons. The molecule has 5 heteroatoms. The SMILES string of the molecule is N#Cc1ccc2c(c1)c1cccc(C#N)c1n2-c1ccc(-c2ccccc2-c2ccccc2-n2c3ccccc3c3ccccc32)c(C#N)c1. The maximum absolute atomic E-state index is 10.6. The highest BCUT2D eigenvalue weighted by Crippen LogP contribution is 2.41. The molecule has 0 aliphatic heterocycles. The topological polar surface area (TPSA) is 81.2 Å². The summed E-state index contributed by atoms with van der Waals surface area (Å²) >= 11 is 0. The van der Waals surface area contributed by atoms with Crippen LogP contribution >= 0.6 is 0 Å². The maximum atomic E-state index is 10.6. The van der Waals surface area contributed by atoms with Crippen molar-refractivity contribution in [2.45, 2.75) is 0 Å². The Bertz CT molecular complexity index is 2920. The minimum Gasteiger partial charge on any atom is -0.309 e. The van der Waals surface area contributed by atoms with Gasteiger partial charge in [-0.3, -0.25) is 0 Å². The number of rotatable bonds is 4. The Morgan fingerprint density at radius 1 is 0.380 bits per heavy atom. The van der Waals surface area contributed by atoms with Crippen molar-refractivity contribution < 1.29 is 0 Å². The normalized spacial score (nSPS) is 11.1. The molecule has 0 aliphatic rings. The molecular formula is C45H25N5. The van der Waals surface area contributed by atoms with Gasteiger partial charge in [-0.25, -0.2) is 0 Å². The smallest absolute Gasteiger partial charge is 0.101 e. The Hall–Kier alpha value is -7.39. The van der Waals surface area contributed by atoms with Crippen molar-refractivity contribution in [3.63, 3.8) is 0 Å². The minimum absolute atomic E-state index is 0.516. The summed E-state index contributed by atoms with van der Waals surface area (Å²) in [5.74, 6) is 0. The average molecular weight is 636 g/mol. The molecule has 0 saturated heterocycles. The third-order valence-electron chi connectivity index (χ3n) is 9.65. The predicted molar refractivity (Wildman–Crippen MR) is 200 cm³/mol. The second-order valence-corrected chi connectivity index (χ2v) is 12.3.